The van der Waals surface area contributed by atoms with Gasteiger partial charge >= 0.3 is 0 Å². The van der Waals surface area contributed by atoms with Crippen molar-refractivity contribution in [2.45, 2.75) is 82.7 Å². The van der Waals surface area contributed by atoms with Crippen molar-refractivity contribution in [3.8, 4) is 0 Å². The number of pyridine rings is 2. The Morgan fingerprint density at radius 2 is 1.63 bits per heavy atom. The van der Waals surface area contributed by atoms with Crippen molar-refractivity contribution < 1.29 is 0 Å². The summed E-state index contributed by atoms with van der Waals surface area (Å²) in [5.41, 5.74) is 13.1. The van der Waals surface area contributed by atoms with Crippen LogP contribution < -0.4 is 11.1 Å². The van der Waals surface area contributed by atoms with Gasteiger partial charge in [0, 0.05) is 44.1 Å². The minimum atomic E-state index is 0. The molecule has 0 radical (unpaired) electrons. The molecule has 6 heteroatoms. The number of aromatic nitrogens is 2. The summed E-state index contributed by atoms with van der Waals surface area (Å²) in [6, 6.07) is 20.5. The molecule has 3 aromatic rings. The molecular formula is C29H38BrN5. The fourth-order valence-corrected chi connectivity index (χ4v) is 5.73. The van der Waals surface area contributed by atoms with Gasteiger partial charge in [-0.1, -0.05) is 49.2 Å². The third-order valence-electron chi connectivity index (χ3n) is 7.52. The van der Waals surface area contributed by atoms with E-state index in [1.165, 1.54) is 54.5 Å². The lowest BCUT2D eigenvalue weighted by Crippen LogP contribution is -2.51. The molecule has 3 N–H and O–H groups in total. The molecule has 0 bridgehead atoms. The van der Waals surface area contributed by atoms with Crippen LogP contribution in [-0.4, -0.2) is 27.0 Å². The van der Waals surface area contributed by atoms with Crippen molar-refractivity contribution in [1.82, 2.24) is 20.2 Å². The van der Waals surface area contributed by atoms with Crippen molar-refractivity contribution in [3.05, 3.63) is 95.1 Å². The quantitative estimate of drug-likeness (QED) is 0.399. The van der Waals surface area contributed by atoms with E-state index in [9.17, 15) is 0 Å². The number of nitrogens with two attached hydrogens (primary N) is 1. The zero-order valence-electron chi connectivity index (χ0n) is 20.5. The molecule has 1 unspecified atom stereocenters. The van der Waals surface area contributed by atoms with Crippen LogP contribution in [0.5, 0.6) is 0 Å². The Bertz CT molecular complexity index is 1040. The molecule has 5 nitrogen and oxygen atoms in total. The summed E-state index contributed by atoms with van der Waals surface area (Å²) in [4.78, 5) is 11.9. The number of benzene rings is 1. The summed E-state index contributed by atoms with van der Waals surface area (Å²) in [6.07, 6.45) is 12.2. The molecule has 2 aliphatic rings. The van der Waals surface area contributed by atoms with Gasteiger partial charge in [-0.05, 0) is 67.0 Å². The lowest BCUT2D eigenvalue weighted by atomic mass is 9.85. The average Bonchev–Trinajstić information content (AvgIpc) is 2.89. The minimum Gasteiger partial charge on any atom is -0.326 e. The summed E-state index contributed by atoms with van der Waals surface area (Å²) in [5, 5.41) is 3.50. The number of hydrogen-bond acceptors (Lipinski definition) is 5. The second kappa shape index (κ2) is 12.7. The van der Waals surface area contributed by atoms with Crippen LogP contribution in [0.1, 0.15) is 72.6 Å². The van der Waals surface area contributed by atoms with Crippen LogP contribution in [0.3, 0.4) is 0 Å². The van der Waals surface area contributed by atoms with E-state index in [0.29, 0.717) is 12.1 Å². The largest absolute Gasteiger partial charge is 0.326 e. The molecule has 0 spiro atoms. The molecule has 2 heterocycles. The van der Waals surface area contributed by atoms with Gasteiger partial charge in [0.05, 0.1) is 17.4 Å². The van der Waals surface area contributed by atoms with Crippen molar-refractivity contribution in [2.75, 3.05) is 0 Å². The highest BCUT2D eigenvalue weighted by molar-refractivity contribution is 8.93. The van der Waals surface area contributed by atoms with Crippen LogP contribution in [-0.2, 0) is 26.1 Å². The number of fused-ring (bicyclic) bond motifs is 1. The van der Waals surface area contributed by atoms with Gasteiger partial charge in [0.25, 0.3) is 0 Å². The van der Waals surface area contributed by atoms with Gasteiger partial charge in [0.15, 0.2) is 0 Å². The van der Waals surface area contributed by atoms with Crippen LogP contribution in [0, 0.1) is 0 Å². The van der Waals surface area contributed by atoms with Crippen LogP contribution in [0.2, 0.25) is 0 Å². The lowest BCUT2D eigenvalue weighted by molar-refractivity contribution is 0.0693. The molecular weight excluding hydrogens is 498 g/mol. The average molecular weight is 537 g/mol. The SMILES string of the molecule is Br.N[C@H]1CCCC[C@@H]1N(Cc1ccc(CNCc2ccccn2)cc1)C1CCCc2cccnc21. The molecule has 0 amide bonds. The Balaban J connectivity index is 0.00000289. The molecule has 5 rings (SSSR count). The van der Waals surface area contributed by atoms with Gasteiger partial charge in [0.1, 0.15) is 0 Å². The highest BCUT2D eigenvalue weighted by Crippen LogP contribution is 2.38. The van der Waals surface area contributed by atoms with Crippen molar-refractivity contribution in [1.29, 1.82) is 0 Å². The first-order chi connectivity index (χ1) is 16.8. The van der Waals surface area contributed by atoms with Crippen molar-refractivity contribution in [2.24, 2.45) is 5.73 Å². The van der Waals surface area contributed by atoms with E-state index in [0.717, 1.165) is 38.2 Å². The molecule has 1 saturated carbocycles. The standard InChI is InChI=1S/C29H37N5.BrH/c30-26-10-1-2-11-27(26)34(28-12-5-7-24-8-6-18-33-29(24)28)21-23-15-13-22(14-16-23)19-31-20-25-9-3-4-17-32-25;/h3-4,6,8-9,13-18,26-28,31H,1-2,5,7,10-12,19-21,30H2;1H/t26-,27-,28?;/m0./s1. The van der Waals surface area contributed by atoms with Crippen LogP contribution in [0.15, 0.2) is 67.0 Å². The number of nitrogens with one attached hydrogen (secondary N) is 1. The first-order valence-corrected chi connectivity index (χ1v) is 12.9. The van der Waals surface area contributed by atoms with E-state index in [1.54, 1.807) is 0 Å². The molecule has 1 aromatic carbocycles. The molecule has 0 aliphatic heterocycles. The monoisotopic (exact) mass is 535 g/mol. The van der Waals surface area contributed by atoms with Gasteiger partial charge < -0.3 is 11.1 Å². The molecule has 0 saturated heterocycles. The van der Waals surface area contributed by atoms with Gasteiger partial charge in [-0.25, -0.2) is 0 Å². The topological polar surface area (TPSA) is 67.1 Å². The lowest BCUT2D eigenvalue weighted by Gasteiger charge is -2.44. The van der Waals surface area contributed by atoms with E-state index < -0.39 is 0 Å². The maximum absolute atomic E-state index is 6.71. The summed E-state index contributed by atoms with van der Waals surface area (Å²) in [6.45, 7) is 2.55. The Kier molecular flexibility index (Phi) is 9.44. The molecule has 2 aromatic heterocycles. The van der Waals surface area contributed by atoms with Crippen LogP contribution in [0.4, 0.5) is 0 Å². The molecule has 1 fully saturated rings. The number of aryl methyl sites for hydroxylation is 1. The second-order valence-electron chi connectivity index (χ2n) is 9.88. The van der Waals surface area contributed by atoms with Crippen molar-refractivity contribution >= 4 is 17.0 Å². The second-order valence-corrected chi connectivity index (χ2v) is 9.88. The van der Waals surface area contributed by atoms with E-state index in [2.05, 4.69) is 57.7 Å². The normalized spacial score (nSPS) is 21.8. The van der Waals surface area contributed by atoms with Crippen LogP contribution in [0.25, 0.3) is 0 Å². The third kappa shape index (κ3) is 6.56. The van der Waals surface area contributed by atoms with Gasteiger partial charge in [-0.15, -0.1) is 17.0 Å². The Morgan fingerprint density at radius 1 is 0.829 bits per heavy atom. The molecule has 186 valence electrons. The fraction of sp³-hybridized carbons (Fsp3) is 0.448. The van der Waals surface area contributed by atoms with Gasteiger partial charge in [-0.2, -0.15) is 0 Å². The maximum atomic E-state index is 6.71. The smallest absolute Gasteiger partial charge is 0.0607 e. The summed E-state index contributed by atoms with van der Waals surface area (Å²) in [5.74, 6) is 0. The number of hydrogen-bond donors (Lipinski definition) is 2. The zero-order chi connectivity index (χ0) is 23.2. The summed E-state index contributed by atoms with van der Waals surface area (Å²) in [7, 11) is 0. The predicted molar refractivity (Wildman–Crippen MR) is 147 cm³/mol. The van der Waals surface area contributed by atoms with E-state index >= 15 is 0 Å². The highest BCUT2D eigenvalue weighted by atomic mass is 79.9. The van der Waals surface area contributed by atoms with Gasteiger partial charge in [-0.3, -0.25) is 14.9 Å². The third-order valence-corrected chi connectivity index (χ3v) is 7.52. The molecule has 35 heavy (non-hydrogen) atoms. The fourth-order valence-electron chi connectivity index (χ4n) is 5.73. The molecule has 3 atom stereocenters. The van der Waals surface area contributed by atoms with Crippen molar-refractivity contribution in [3.63, 3.8) is 0 Å². The summed E-state index contributed by atoms with van der Waals surface area (Å²) < 4.78 is 0. The minimum absolute atomic E-state index is 0. The predicted octanol–water partition coefficient (Wildman–Crippen LogP) is 5.49. The first-order valence-electron chi connectivity index (χ1n) is 12.9. The van der Waals surface area contributed by atoms with E-state index in [-0.39, 0.29) is 23.0 Å². The number of halogens is 1. The number of nitrogens with zero attached hydrogens (tertiary/aromatic N) is 3. The Morgan fingerprint density at radius 3 is 2.43 bits per heavy atom. The van der Waals surface area contributed by atoms with E-state index in [1.807, 2.05) is 24.5 Å². The van der Waals surface area contributed by atoms with Gasteiger partial charge in [0.2, 0.25) is 0 Å². The summed E-state index contributed by atoms with van der Waals surface area (Å²) >= 11 is 0. The highest BCUT2D eigenvalue weighted by Gasteiger charge is 2.35. The Hall–Kier alpha value is -2.12. The first kappa shape index (κ1) is 26.0. The van der Waals surface area contributed by atoms with Crippen LogP contribution >= 0.6 is 17.0 Å². The number of rotatable bonds is 8. The van der Waals surface area contributed by atoms with E-state index in [4.69, 9.17) is 10.7 Å². The Labute approximate surface area is 220 Å². The zero-order valence-corrected chi connectivity index (χ0v) is 22.2. The maximum Gasteiger partial charge on any atom is 0.0607 e. The molecule has 2 aliphatic carbocycles.